The predicted molar refractivity (Wildman–Crippen MR) is 145 cm³/mol. The third-order valence-corrected chi connectivity index (χ3v) is 5.98. The fourth-order valence-electron chi connectivity index (χ4n) is 4.01. The van der Waals surface area contributed by atoms with Gasteiger partial charge in [-0.2, -0.15) is 0 Å². The van der Waals surface area contributed by atoms with Crippen LogP contribution in [-0.4, -0.2) is 58.5 Å². The van der Waals surface area contributed by atoms with Gasteiger partial charge in [-0.25, -0.2) is 9.78 Å². The number of benzene rings is 2. The second-order valence-electron chi connectivity index (χ2n) is 9.75. The lowest BCUT2D eigenvalue weighted by Crippen LogP contribution is -2.53. The average Bonchev–Trinajstić information content (AvgIpc) is 3.43. The topological polar surface area (TPSA) is 116 Å². The Bertz CT molecular complexity index is 1140. The molecule has 0 spiro atoms. The normalized spacial score (nSPS) is 12.4. The fourth-order valence-corrected chi connectivity index (χ4v) is 4.01. The molecule has 0 radical (unpaired) electrons. The van der Waals surface area contributed by atoms with Crippen LogP contribution in [-0.2, 0) is 27.4 Å². The summed E-state index contributed by atoms with van der Waals surface area (Å²) in [5.41, 5.74) is 2.57. The second kappa shape index (κ2) is 14.6. The molecule has 1 aromatic heterocycles. The molecule has 0 fully saturated rings. The summed E-state index contributed by atoms with van der Waals surface area (Å²) in [4.78, 5) is 47.7. The molecule has 3 N–H and O–H groups in total. The third kappa shape index (κ3) is 9.38. The van der Waals surface area contributed by atoms with Crippen LogP contribution in [0.1, 0.15) is 43.5 Å². The van der Waals surface area contributed by atoms with Crippen LogP contribution in [0.3, 0.4) is 0 Å². The summed E-state index contributed by atoms with van der Waals surface area (Å²) in [6, 6.07) is 18.3. The van der Waals surface area contributed by atoms with Crippen LogP contribution in [0.15, 0.2) is 73.2 Å². The van der Waals surface area contributed by atoms with Gasteiger partial charge in [0.2, 0.25) is 11.8 Å². The van der Waals surface area contributed by atoms with E-state index in [9.17, 15) is 14.4 Å². The van der Waals surface area contributed by atoms with Crippen molar-refractivity contribution in [1.82, 2.24) is 25.5 Å². The number of hydrogen-bond acceptors (Lipinski definition) is 5. The highest BCUT2D eigenvalue weighted by atomic mass is 16.5. The van der Waals surface area contributed by atoms with E-state index >= 15 is 0 Å². The predicted octanol–water partition coefficient (Wildman–Crippen LogP) is 3.65. The highest BCUT2D eigenvalue weighted by Crippen LogP contribution is 2.13. The van der Waals surface area contributed by atoms with Crippen LogP contribution in [0.5, 0.6) is 0 Å². The van der Waals surface area contributed by atoms with Gasteiger partial charge in [-0.1, -0.05) is 81.4 Å². The molecule has 1 unspecified atom stereocenters. The van der Waals surface area contributed by atoms with Crippen molar-refractivity contribution in [3.05, 3.63) is 90.0 Å². The van der Waals surface area contributed by atoms with Gasteiger partial charge < -0.3 is 25.3 Å². The van der Waals surface area contributed by atoms with Crippen molar-refractivity contribution in [3.8, 4) is 0 Å². The minimum Gasteiger partial charge on any atom is -0.445 e. The van der Waals surface area contributed by atoms with Gasteiger partial charge in [0.15, 0.2) is 0 Å². The van der Waals surface area contributed by atoms with E-state index in [0.717, 1.165) is 11.1 Å². The van der Waals surface area contributed by atoms with Gasteiger partial charge >= 0.3 is 6.09 Å². The number of carbonyl (C=O) groups excluding carboxylic acids is 3. The fraction of sp³-hybridized carbons (Fsp3) is 0.379. The van der Waals surface area contributed by atoms with Crippen LogP contribution in [0.25, 0.3) is 0 Å². The zero-order chi connectivity index (χ0) is 27.3. The quantitative estimate of drug-likeness (QED) is 0.319. The van der Waals surface area contributed by atoms with E-state index in [4.69, 9.17) is 4.74 Å². The molecule has 0 bridgehead atoms. The molecular formula is C29H37N5O4. The number of hydrogen-bond donors (Lipinski definition) is 3. The number of carbonyl (C=O) groups is 3. The Balaban J connectivity index is 1.65. The van der Waals surface area contributed by atoms with E-state index < -0.39 is 12.1 Å². The minimum atomic E-state index is -0.948. The van der Waals surface area contributed by atoms with E-state index in [1.807, 2.05) is 81.4 Å². The summed E-state index contributed by atoms with van der Waals surface area (Å²) in [5.74, 6) is -0.384. The number of ether oxygens (including phenoxy) is 1. The summed E-state index contributed by atoms with van der Waals surface area (Å²) in [5, 5.41) is 5.63. The van der Waals surface area contributed by atoms with E-state index in [1.54, 1.807) is 6.20 Å². The van der Waals surface area contributed by atoms with Crippen LogP contribution >= 0.6 is 0 Å². The molecule has 9 heteroatoms. The molecule has 0 aliphatic carbocycles. The number of alkyl carbamates (subject to hydrolysis) is 1. The van der Waals surface area contributed by atoms with Crippen LogP contribution in [0, 0.1) is 5.92 Å². The van der Waals surface area contributed by atoms with Gasteiger partial charge in [-0.3, -0.25) is 9.59 Å². The molecule has 2 aromatic carbocycles. The molecule has 202 valence electrons. The first-order valence-electron chi connectivity index (χ1n) is 12.9. The van der Waals surface area contributed by atoms with E-state index in [2.05, 4.69) is 20.6 Å². The molecule has 0 saturated carbocycles. The summed E-state index contributed by atoms with van der Waals surface area (Å²) in [7, 11) is 0. The smallest absolute Gasteiger partial charge is 0.408 e. The van der Waals surface area contributed by atoms with Gasteiger partial charge in [0.05, 0.1) is 18.6 Å². The first kappa shape index (κ1) is 28.4. The maximum absolute atomic E-state index is 13.6. The number of amides is 3. The van der Waals surface area contributed by atoms with Crippen molar-refractivity contribution in [2.24, 2.45) is 5.92 Å². The Labute approximate surface area is 224 Å². The lowest BCUT2D eigenvalue weighted by molar-refractivity contribution is -0.138. The number of imidazole rings is 1. The van der Waals surface area contributed by atoms with E-state index in [1.165, 1.54) is 11.2 Å². The standard InChI is InChI=1S/C29H37N5O4/c1-21(2)17-34(18-27(35)31-15-22(3)24-12-8-5-9-13-24)28(36)26(14-25-16-30-20-32-25)33-29(37)38-19-23-10-6-4-7-11-23/h4-13,16,20-22,26H,14-15,17-19H2,1-3H3,(H,30,32)(H,31,35)(H,33,37)/t22?,26-/m0/s1. The number of aromatic nitrogens is 2. The molecule has 0 saturated heterocycles. The molecule has 3 aromatic rings. The summed E-state index contributed by atoms with van der Waals surface area (Å²) >= 11 is 0. The second-order valence-corrected chi connectivity index (χ2v) is 9.75. The number of nitrogens with zero attached hydrogens (tertiary/aromatic N) is 2. The van der Waals surface area contributed by atoms with Gasteiger partial charge in [-0.15, -0.1) is 0 Å². The van der Waals surface area contributed by atoms with Gasteiger partial charge in [0.1, 0.15) is 12.6 Å². The van der Waals surface area contributed by atoms with Crippen molar-refractivity contribution in [2.75, 3.05) is 19.6 Å². The molecule has 1 heterocycles. The third-order valence-electron chi connectivity index (χ3n) is 5.98. The lowest BCUT2D eigenvalue weighted by Gasteiger charge is -2.28. The first-order chi connectivity index (χ1) is 18.3. The Morgan fingerprint density at radius 3 is 2.32 bits per heavy atom. The first-order valence-corrected chi connectivity index (χ1v) is 12.9. The van der Waals surface area contributed by atoms with E-state index in [0.29, 0.717) is 18.8 Å². The molecule has 3 rings (SSSR count). The van der Waals surface area contributed by atoms with Gasteiger partial charge in [-0.05, 0) is 23.0 Å². The molecular weight excluding hydrogens is 482 g/mol. The van der Waals surface area contributed by atoms with E-state index in [-0.39, 0.29) is 43.2 Å². The average molecular weight is 520 g/mol. The largest absolute Gasteiger partial charge is 0.445 e. The number of rotatable bonds is 13. The van der Waals surface area contributed by atoms with Crippen molar-refractivity contribution < 1.29 is 19.1 Å². The maximum atomic E-state index is 13.6. The van der Waals surface area contributed by atoms with Crippen LogP contribution in [0.2, 0.25) is 0 Å². The van der Waals surface area contributed by atoms with Crippen molar-refractivity contribution in [1.29, 1.82) is 0 Å². The highest BCUT2D eigenvalue weighted by molar-refractivity contribution is 5.89. The minimum absolute atomic E-state index is 0.0771. The summed E-state index contributed by atoms with van der Waals surface area (Å²) in [6.45, 7) is 6.76. The number of nitrogens with one attached hydrogen (secondary N) is 3. The highest BCUT2D eigenvalue weighted by Gasteiger charge is 2.29. The zero-order valence-electron chi connectivity index (χ0n) is 22.2. The molecule has 3 amide bonds. The number of aromatic amines is 1. The molecule has 9 nitrogen and oxygen atoms in total. The van der Waals surface area contributed by atoms with Crippen molar-refractivity contribution in [2.45, 2.75) is 45.8 Å². The van der Waals surface area contributed by atoms with Gasteiger partial charge in [0, 0.05) is 25.7 Å². The van der Waals surface area contributed by atoms with Gasteiger partial charge in [0.25, 0.3) is 0 Å². The number of H-pyrrole nitrogens is 1. The van der Waals surface area contributed by atoms with Crippen molar-refractivity contribution in [3.63, 3.8) is 0 Å². The molecule has 2 atom stereocenters. The zero-order valence-corrected chi connectivity index (χ0v) is 22.2. The Morgan fingerprint density at radius 1 is 1.00 bits per heavy atom. The maximum Gasteiger partial charge on any atom is 0.408 e. The monoisotopic (exact) mass is 519 g/mol. The van der Waals surface area contributed by atoms with Crippen molar-refractivity contribution >= 4 is 17.9 Å². The molecule has 0 aliphatic heterocycles. The Hall–Kier alpha value is -4.14. The molecule has 0 aliphatic rings. The summed E-state index contributed by atoms with van der Waals surface area (Å²) in [6.07, 6.45) is 2.62. The SMILES string of the molecule is CC(C)CN(CC(=O)NCC(C)c1ccccc1)C(=O)[C@H](Cc1c[nH]cn1)NC(=O)OCc1ccccc1. The van der Waals surface area contributed by atoms with Crippen LogP contribution in [0.4, 0.5) is 4.79 Å². The molecule has 38 heavy (non-hydrogen) atoms. The van der Waals surface area contributed by atoms with Crippen LogP contribution < -0.4 is 10.6 Å². The Morgan fingerprint density at radius 2 is 1.68 bits per heavy atom. The lowest BCUT2D eigenvalue weighted by atomic mass is 10.0. The summed E-state index contributed by atoms with van der Waals surface area (Å²) < 4.78 is 5.35. The Kier molecular flexibility index (Phi) is 10.9.